The number of nitrogens with one attached hydrogen (secondary N) is 3. The topological polar surface area (TPSA) is 137 Å². The minimum atomic E-state index is -1.17. The summed E-state index contributed by atoms with van der Waals surface area (Å²) in [4.78, 5) is 36.6. The van der Waals surface area contributed by atoms with Crippen LogP contribution in [0.5, 0.6) is 0 Å². The van der Waals surface area contributed by atoms with Gasteiger partial charge < -0.3 is 15.5 Å². The zero-order chi connectivity index (χ0) is 25.9. The Kier molecular flexibility index (Phi) is 8.09. The van der Waals surface area contributed by atoms with E-state index in [1.807, 2.05) is 22.6 Å². The van der Waals surface area contributed by atoms with Crippen molar-refractivity contribution in [2.75, 3.05) is 24.7 Å². The first-order valence-corrected chi connectivity index (χ1v) is 11.2. The zero-order valence-corrected chi connectivity index (χ0v) is 21.1. The van der Waals surface area contributed by atoms with Crippen LogP contribution in [0.3, 0.4) is 0 Å². The molecule has 0 aromatic heterocycles. The average molecular weight is 614 g/mol. The van der Waals surface area contributed by atoms with Crippen molar-refractivity contribution in [3.63, 3.8) is 0 Å². The molecule has 3 aromatic rings. The van der Waals surface area contributed by atoms with Crippen molar-refractivity contribution >= 4 is 74.4 Å². The Morgan fingerprint density at radius 1 is 1.09 bits per heavy atom. The van der Waals surface area contributed by atoms with E-state index in [2.05, 4.69) is 10.6 Å². The highest BCUT2D eigenvalue weighted by Crippen LogP contribution is 2.40. The minimum Gasteiger partial charge on any atom is -0.351 e. The summed E-state index contributed by atoms with van der Waals surface area (Å²) in [5.74, 6) is -2.59. The van der Waals surface area contributed by atoms with Gasteiger partial charge in [-0.15, -0.1) is 0 Å². The second-order valence-corrected chi connectivity index (χ2v) is 9.01. The monoisotopic (exact) mass is 613 g/mol. The molecule has 4 N–H and O–H groups in total. The number of nitrogens with zero attached hydrogens (tertiary/aromatic N) is 2. The summed E-state index contributed by atoms with van der Waals surface area (Å²) in [5, 5.41) is 26.4. The van der Waals surface area contributed by atoms with Crippen molar-refractivity contribution in [3.05, 3.63) is 84.2 Å². The third-order valence-electron chi connectivity index (χ3n) is 4.79. The van der Waals surface area contributed by atoms with E-state index in [-0.39, 0.29) is 22.3 Å². The van der Waals surface area contributed by atoms with Crippen LogP contribution in [0.15, 0.2) is 48.5 Å². The molecule has 0 fully saturated rings. The summed E-state index contributed by atoms with van der Waals surface area (Å²) in [6, 6.07) is 11.5. The maximum Gasteiger partial charge on any atom is 0.296 e. The Bertz CT molecular complexity index is 1320. The van der Waals surface area contributed by atoms with E-state index in [1.54, 1.807) is 32.3 Å². The van der Waals surface area contributed by atoms with Gasteiger partial charge in [0.25, 0.3) is 17.5 Å². The van der Waals surface area contributed by atoms with Gasteiger partial charge in [-0.25, -0.2) is 9.87 Å². The molecule has 0 atom stereocenters. The van der Waals surface area contributed by atoms with Gasteiger partial charge in [-0.05, 0) is 65.1 Å². The Morgan fingerprint density at radius 3 is 2.29 bits per heavy atom. The van der Waals surface area contributed by atoms with Gasteiger partial charge >= 0.3 is 0 Å². The molecule has 0 heterocycles. The Labute approximate surface area is 217 Å². The molecular formula is C22H18ClFIN5O5. The lowest BCUT2D eigenvalue weighted by molar-refractivity contribution is -0.384. The lowest BCUT2D eigenvalue weighted by atomic mass is 10.1. The fourth-order valence-corrected chi connectivity index (χ4v) is 3.99. The fraction of sp³-hybridized carbons (Fsp3) is 0.0909. The quantitative estimate of drug-likeness (QED) is 0.123. The lowest BCUT2D eigenvalue weighted by Gasteiger charge is -2.17. The number of carbonyl (C=O) groups is 2. The molecule has 3 rings (SSSR count). The van der Waals surface area contributed by atoms with Gasteiger partial charge in [-0.1, -0.05) is 11.6 Å². The number of carbonyl (C=O) groups excluding carboxylic acids is 2. The molecule has 3 aromatic carbocycles. The van der Waals surface area contributed by atoms with Gasteiger partial charge in [0, 0.05) is 35.0 Å². The highest BCUT2D eigenvalue weighted by Gasteiger charge is 2.29. The second-order valence-electron chi connectivity index (χ2n) is 7.36. The third kappa shape index (κ3) is 5.78. The minimum absolute atomic E-state index is 0.209. The van der Waals surface area contributed by atoms with Crippen LogP contribution < -0.4 is 16.1 Å². The maximum absolute atomic E-state index is 15.7. The maximum atomic E-state index is 15.7. The molecule has 13 heteroatoms. The molecule has 0 saturated heterocycles. The van der Waals surface area contributed by atoms with Gasteiger partial charge in [-0.3, -0.25) is 24.9 Å². The van der Waals surface area contributed by atoms with Crippen LogP contribution in [0, 0.1) is 19.5 Å². The van der Waals surface area contributed by atoms with Crippen molar-refractivity contribution in [3.8, 4) is 0 Å². The van der Waals surface area contributed by atoms with E-state index >= 15 is 4.39 Å². The Balaban J connectivity index is 2.13. The summed E-state index contributed by atoms with van der Waals surface area (Å²) >= 11 is 8.25. The van der Waals surface area contributed by atoms with Crippen LogP contribution in [0.1, 0.15) is 20.7 Å². The zero-order valence-electron chi connectivity index (χ0n) is 18.2. The van der Waals surface area contributed by atoms with Gasteiger partial charge in [-0.2, -0.15) is 0 Å². The van der Waals surface area contributed by atoms with Gasteiger partial charge in [0.15, 0.2) is 11.5 Å². The van der Waals surface area contributed by atoms with Crippen molar-refractivity contribution in [1.29, 1.82) is 0 Å². The first kappa shape index (κ1) is 26.1. The summed E-state index contributed by atoms with van der Waals surface area (Å²) in [5.41, 5.74) is -0.0738. The predicted octanol–water partition coefficient (Wildman–Crippen LogP) is 5.30. The van der Waals surface area contributed by atoms with Crippen LogP contribution in [-0.4, -0.2) is 40.9 Å². The molecular weight excluding hydrogens is 596 g/mol. The van der Waals surface area contributed by atoms with Crippen molar-refractivity contribution in [1.82, 2.24) is 10.4 Å². The molecule has 0 bridgehead atoms. The smallest absolute Gasteiger partial charge is 0.296 e. The number of rotatable bonds is 7. The largest absolute Gasteiger partial charge is 0.351 e. The Morgan fingerprint density at radius 2 is 1.74 bits per heavy atom. The number of hydroxylamine groups is 1. The number of benzene rings is 3. The Hall–Kier alpha value is -3.49. The molecule has 35 heavy (non-hydrogen) atoms. The van der Waals surface area contributed by atoms with Crippen LogP contribution in [0.2, 0.25) is 5.02 Å². The molecule has 0 aliphatic rings. The summed E-state index contributed by atoms with van der Waals surface area (Å²) in [7, 11) is 3.18. The fourth-order valence-electron chi connectivity index (χ4n) is 3.09. The summed E-state index contributed by atoms with van der Waals surface area (Å²) in [6.07, 6.45) is 0. The van der Waals surface area contributed by atoms with E-state index in [4.69, 9.17) is 16.8 Å². The van der Waals surface area contributed by atoms with Gasteiger partial charge in [0.2, 0.25) is 0 Å². The molecule has 2 amide bonds. The lowest BCUT2D eigenvalue weighted by Crippen LogP contribution is -2.21. The molecule has 10 nitrogen and oxygen atoms in total. The predicted molar refractivity (Wildman–Crippen MR) is 138 cm³/mol. The first-order valence-electron chi connectivity index (χ1n) is 9.79. The van der Waals surface area contributed by atoms with Crippen LogP contribution in [-0.2, 0) is 0 Å². The van der Waals surface area contributed by atoms with Crippen molar-refractivity contribution < 1.29 is 24.1 Å². The van der Waals surface area contributed by atoms with Crippen molar-refractivity contribution in [2.24, 2.45) is 0 Å². The second kappa shape index (κ2) is 10.8. The number of hydrogen-bond donors (Lipinski definition) is 4. The number of nitro benzene ring substituents is 1. The molecule has 0 radical (unpaired) electrons. The molecule has 0 spiro atoms. The molecule has 0 unspecified atom stereocenters. The van der Waals surface area contributed by atoms with E-state index in [1.165, 1.54) is 34.6 Å². The number of halogens is 3. The average Bonchev–Trinajstić information content (AvgIpc) is 2.82. The molecule has 0 saturated carbocycles. The normalized spacial score (nSPS) is 10.5. The molecule has 182 valence electrons. The van der Waals surface area contributed by atoms with Crippen molar-refractivity contribution in [2.45, 2.75) is 0 Å². The van der Waals surface area contributed by atoms with E-state index < -0.39 is 39.3 Å². The number of amides is 2. The van der Waals surface area contributed by atoms with E-state index in [9.17, 15) is 19.7 Å². The van der Waals surface area contributed by atoms with Gasteiger partial charge in [0.1, 0.15) is 0 Å². The van der Waals surface area contributed by atoms with Crippen LogP contribution in [0.4, 0.5) is 32.8 Å². The SMILES string of the molecule is CN(C)C(=O)c1ccc(Nc2c([N+](=O)[O-])cc(C(=O)NO)c(Nc3ccc(I)cc3Cl)c2F)cc1. The highest BCUT2D eigenvalue weighted by atomic mass is 127. The standard InChI is InChI=1S/C22H18ClFIN5O5/c1-29(2)22(32)11-3-6-13(7-4-11)26-20-17(30(34)35)10-14(21(31)28-33)19(18(20)24)27-16-8-5-12(25)9-15(16)23/h3-10,26-27,33H,1-2H3,(H,28,31). The highest BCUT2D eigenvalue weighted by molar-refractivity contribution is 14.1. The number of nitro groups is 1. The van der Waals surface area contributed by atoms with E-state index in [0.29, 0.717) is 5.56 Å². The molecule has 0 aliphatic heterocycles. The number of hydrogen-bond acceptors (Lipinski definition) is 7. The van der Waals surface area contributed by atoms with Crippen LogP contribution in [0.25, 0.3) is 0 Å². The van der Waals surface area contributed by atoms with Crippen LogP contribution >= 0.6 is 34.2 Å². The van der Waals surface area contributed by atoms with Gasteiger partial charge in [0.05, 0.1) is 26.9 Å². The third-order valence-corrected chi connectivity index (χ3v) is 5.77. The first-order chi connectivity index (χ1) is 16.5. The summed E-state index contributed by atoms with van der Waals surface area (Å²) in [6.45, 7) is 0. The molecule has 0 aliphatic carbocycles. The number of anilines is 4. The van der Waals surface area contributed by atoms with E-state index in [0.717, 1.165) is 9.64 Å². The summed E-state index contributed by atoms with van der Waals surface area (Å²) < 4.78 is 16.5.